The Labute approximate surface area is 172 Å². The number of carbonyl (C=O) groups excluding carboxylic acids is 1. The highest BCUT2D eigenvalue weighted by atomic mass is 32.2. The topological polar surface area (TPSA) is 41.9 Å². The van der Waals surface area contributed by atoms with Crippen molar-refractivity contribution in [2.45, 2.75) is 40.2 Å². The first-order valence-corrected chi connectivity index (χ1v) is 10.7. The van der Waals surface area contributed by atoms with E-state index in [9.17, 15) is 4.79 Å². The minimum Gasteiger partial charge on any atom is -0.493 e. The van der Waals surface area contributed by atoms with Crippen molar-refractivity contribution in [2.75, 3.05) is 18.9 Å². The maximum Gasteiger partial charge on any atom is 0.225 e. The number of nitrogens with zero attached hydrogens (tertiary/aromatic N) is 2. The van der Waals surface area contributed by atoms with Crippen LogP contribution in [0.4, 0.5) is 0 Å². The highest BCUT2D eigenvalue weighted by Crippen LogP contribution is 2.30. The maximum absolute atomic E-state index is 11.9. The molecule has 0 aromatic heterocycles. The van der Waals surface area contributed by atoms with E-state index in [0.29, 0.717) is 6.61 Å². The smallest absolute Gasteiger partial charge is 0.225 e. The molecule has 1 aliphatic heterocycles. The molecule has 1 atom stereocenters. The number of amidine groups is 1. The van der Waals surface area contributed by atoms with Crippen molar-refractivity contribution >= 4 is 22.8 Å². The number of thioether (sulfide) groups is 1. The standard InChI is InChI=1S/C23H28N2O2S/c1-16-7-5-9-20(15-16)27-13-11-22(21-10-6-8-17(2)18(21)3)24-23-25(19(4)26)12-14-28-23/h5-10,15,22H,11-14H2,1-4H3. The highest BCUT2D eigenvalue weighted by molar-refractivity contribution is 8.14. The average molecular weight is 397 g/mol. The molecule has 28 heavy (non-hydrogen) atoms. The third kappa shape index (κ3) is 4.96. The van der Waals surface area contributed by atoms with Gasteiger partial charge in [0.15, 0.2) is 5.17 Å². The summed E-state index contributed by atoms with van der Waals surface area (Å²) in [6, 6.07) is 14.4. The molecule has 0 bridgehead atoms. The summed E-state index contributed by atoms with van der Waals surface area (Å²) in [7, 11) is 0. The van der Waals surface area contributed by atoms with E-state index in [1.807, 2.05) is 18.2 Å². The summed E-state index contributed by atoms with van der Waals surface area (Å²) in [6.07, 6.45) is 0.758. The van der Waals surface area contributed by atoms with Gasteiger partial charge in [0.2, 0.25) is 5.91 Å². The lowest BCUT2D eigenvalue weighted by Crippen LogP contribution is -2.29. The van der Waals surface area contributed by atoms with Gasteiger partial charge in [-0.25, -0.2) is 0 Å². The van der Waals surface area contributed by atoms with Gasteiger partial charge in [0.05, 0.1) is 12.6 Å². The highest BCUT2D eigenvalue weighted by Gasteiger charge is 2.25. The maximum atomic E-state index is 11.9. The van der Waals surface area contributed by atoms with Crippen molar-refractivity contribution in [3.8, 4) is 5.75 Å². The van der Waals surface area contributed by atoms with Gasteiger partial charge in [-0.05, 0) is 55.2 Å². The third-order valence-electron chi connectivity index (χ3n) is 5.08. The van der Waals surface area contributed by atoms with Gasteiger partial charge in [-0.1, -0.05) is 42.1 Å². The van der Waals surface area contributed by atoms with Crippen molar-refractivity contribution in [2.24, 2.45) is 4.99 Å². The molecule has 4 nitrogen and oxygen atoms in total. The number of rotatable bonds is 6. The molecule has 1 heterocycles. The van der Waals surface area contributed by atoms with Gasteiger partial charge in [-0.3, -0.25) is 14.7 Å². The molecule has 0 aliphatic carbocycles. The minimum absolute atomic E-state index is 0.0350. The molecule has 2 aromatic rings. The fourth-order valence-corrected chi connectivity index (χ4v) is 4.39. The van der Waals surface area contributed by atoms with Crippen LogP contribution in [0.3, 0.4) is 0 Å². The Morgan fingerprint density at radius 3 is 2.75 bits per heavy atom. The lowest BCUT2D eigenvalue weighted by molar-refractivity contribution is -0.124. The van der Waals surface area contributed by atoms with Gasteiger partial charge in [0, 0.05) is 25.6 Å². The lowest BCUT2D eigenvalue weighted by atomic mass is 9.96. The summed E-state index contributed by atoms with van der Waals surface area (Å²) in [6.45, 7) is 9.24. The van der Waals surface area contributed by atoms with Crippen molar-refractivity contribution in [1.82, 2.24) is 4.90 Å². The second kappa shape index (κ2) is 9.28. The number of amides is 1. The molecule has 1 aliphatic rings. The Morgan fingerprint density at radius 1 is 1.21 bits per heavy atom. The number of hydrogen-bond acceptors (Lipinski definition) is 4. The van der Waals surface area contributed by atoms with E-state index in [2.05, 4.69) is 45.0 Å². The van der Waals surface area contributed by atoms with E-state index >= 15 is 0 Å². The van der Waals surface area contributed by atoms with Crippen molar-refractivity contribution < 1.29 is 9.53 Å². The van der Waals surface area contributed by atoms with E-state index in [1.165, 1.54) is 22.3 Å². The predicted molar refractivity (Wildman–Crippen MR) is 117 cm³/mol. The van der Waals surface area contributed by atoms with Crippen LogP contribution in [-0.4, -0.2) is 34.9 Å². The first-order chi connectivity index (χ1) is 13.5. The van der Waals surface area contributed by atoms with E-state index in [4.69, 9.17) is 9.73 Å². The predicted octanol–water partition coefficient (Wildman–Crippen LogP) is 5.07. The average Bonchev–Trinajstić information content (AvgIpc) is 3.12. The zero-order valence-corrected chi connectivity index (χ0v) is 17.9. The lowest BCUT2D eigenvalue weighted by Gasteiger charge is -2.20. The molecule has 0 saturated carbocycles. The van der Waals surface area contributed by atoms with Crippen LogP contribution in [-0.2, 0) is 4.79 Å². The van der Waals surface area contributed by atoms with Crippen molar-refractivity contribution in [3.63, 3.8) is 0 Å². The SMILES string of the molecule is CC(=O)N1CCSC1=NC(CCOc1cccc(C)c1)c1cccc(C)c1C. The number of aliphatic imine (C=N–C) groups is 1. The van der Waals surface area contributed by atoms with Gasteiger partial charge >= 0.3 is 0 Å². The number of benzene rings is 2. The molecule has 5 heteroatoms. The van der Waals surface area contributed by atoms with Crippen LogP contribution in [0.1, 0.15) is 41.6 Å². The Bertz CT molecular complexity index is 879. The van der Waals surface area contributed by atoms with Gasteiger partial charge in [0.25, 0.3) is 0 Å². The number of carbonyl (C=O) groups is 1. The van der Waals surface area contributed by atoms with Crippen LogP contribution in [0.25, 0.3) is 0 Å². The van der Waals surface area contributed by atoms with Crippen molar-refractivity contribution in [3.05, 3.63) is 64.7 Å². The summed E-state index contributed by atoms with van der Waals surface area (Å²) in [4.78, 5) is 18.7. The molecule has 0 radical (unpaired) electrons. The summed E-state index contributed by atoms with van der Waals surface area (Å²) in [5.74, 6) is 1.84. The molecule has 1 unspecified atom stereocenters. The van der Waals surface area contributed by atoms with Gasteiger partial charge in [-0.2, -0.15) is 0 Å². The first-order valence-electron chi connectivity index (χ1n) is 9.70. The largest absolute Gasteiger partial charge is 0.493 e. The number of hydrogen-bond donors (Lipinski definition) is 0. The van der Waals surface area contributed by atoms with E-state index < -0.39 is 0 Å². The first kappa shape index (κ1) is 20.5. The van der Waals surface area contributed by atoms with Crippen LogP contribution >= 0.6 is 11.8 Å². The summed E-state index contributed by atoms with van der Waals surface area (Å²) in [5.41, 5.74) is 4.90. The molecule has 2 aromatic carbocycles. The van der Waals surface area contributed by atoms with Gasteiger partial charge < -0.3 is 4.74 Å². The quantitative estimate of drug-likeness (QED) is 0.684. The second-order valence-electron chi connectivity index (χ2n) is 7.19. The molecule has 3 rings (SSSR count). The second-order valence-corrected chi connectivity index (χ2v) is 8.25. The monoisotopic (exact) mass is 396 g/mol. The van der Waals surface area contributed by atoms with Crippen molar-refractivity contribution in [1.29, 1.82) is 0 Å². The van der Waals surface area contributed by atoms with E-state index in [0.717, 1.165) is 29.6 Å². The van der Waals surface area contributed by atoms with Crippen LogP contribution in [0.15, 0.2) is 47.5 Å². The summed E-state index contributed by atoms with van der Waals surface area (Å²) >= 11 is 1.66. The van der Waals surface area contributed by atoms with Crippen LogP contribution in [0.2, 0.25) is 0 Å². The zero-order valence-electron chi connectivity index (χ0n) is 17.1. The Morgan fingerprint density at radius 2 is 2.00 bits per heavy atom. The number of aryl methyl sites for hydroxylation is 2. The van der Waals surface area contributed by atoms with Crippen LogP contribution < -0.4 is 4.74 Å². The Balaban J connectivity index is 1.82. The molecular formula is C23H28N2O2S. The summed E-state index contributed by atoms with van der Waals surface area (Å²) < 4.78 is 5.99. The van der Waals surface area contributed by atoms with Gasteiger partial charge in [0.1, 0.15) is 5.75 Å². The molecule has 1 saturated heterocycles. The molecule has 1 amide bonds. The third-order valence-corrected chi connectivity index (χ3v) is 6.05. The van der Waals surface area contributed by atoms with Crippen LogP contribution in [0.5, 0.6) is 5.75 Å². The van der Waals surface area contributed by atoms with Crippen LogP contribution in [0, 0.1) is 20.8 Å². The molecular weight excluding hydrogens is 368 g/mol. The Kier molecular flexibility index (Phi) is 6.79. The Hall–Kier alpha value is -2.27. The molecule has 148 valence electrons. The zero-order chi connectivity index (χ0) is 20.1. The molecule has 1 fully saturated rings. The van der Waals surface area contributed by atoms with E-state index in [1.54, 1.807) is 23.6 Å². The normalized spacial score (nSPS) is 16.4. The van der Waals surface area contributed by atoms with Gasteiger partial charge in [-0.15, -0.1) is 0 Å². The molecule has 0 spiro atoms. The minimum atomic E-state index is -0.0350. The summed E-state index contributed by atoms with van der Waals surface area (Å²) in [5, 5.41) is 0.828. The molecule has 0 N–H and O–H groups in total. The fraction of sp³-hybridized carbons (Fsp3) is 0.391. The fourth-order valence-electron chi connectivity index (χ4n) is 3.35. The van der Waals surface area contributed by atoms with E-state index in [-0.39, 0.29) is 11.9 Å². The number of ether oxygens (including phenoxy) is 1.